The van der Waals surface area contributed by atoms with E-state index < -0.39 is 17.7 Å². The van der Waals surface area contributed by atoms with Crippen LogP contribution in [0.2, 0.25) is 5.02 Å². The Bertz CT molecular complexity index is 619. The quantitative estimate of drug-likeness (QED) is 0.923. The smallest absolute Gasteiger partial charge is 0.132 e. The van der Waals surface area contributed by atoms with Crippen LogP contribution in [0.4, 0.5) is 8.78 Å². The van der Waals surface area contributed by atoms with E-state index in [9.17, 15) is 8.78 Å². The van der Waals surface area contributed by atoms with Gasteiger partial charge in [-0.3, -0.25) is 0 Å². The zero-order valence-electron chi connectivity index (χ0n) is 11.1. The first-order valence-electron chi connectivity index (χ1n) is 6.03. The molecule has 2 aromatic carbocycles. The summed E-state index contributed by atoms with van der Waals surface area (Å²) in [6.07, 6.45) is 0. The zero-order chi connectivity index (χ0) is 14.7. The maximum atomic E-state index is 14.1. The Labute approximate surface area is 121 Å². The van der Waals surface area contributed by atoms with Crippen LogP contribution in [0.15, 0.2) is 36.4 Å². The largest absolute Gasteiger partial charge is 0.496 e. The minimum atomic E-state index is -0.602. The zero-order valence-corrected chi connectivity index (χ0v) is 11.8. The van der Waals surface area contributed by atoms with Crippen molar-refractivity contribution in [3.8, 4) is 5.75 Å². The lowest BCUT2D eigenvalue weighted by atomic mass is 9.97. The summed E-state index contributed by atoms with van der Waals surface area (Å²) >= 11 is 6.10. The highest BCUT2D eigenvalue weighted by Gasteiger charge is 2.23. The normalized spacial score (nSPS) is 12.2. The van der Waals surface area contributed by atoms with Gasteiger partial charge in [0.1, 0.15) is 17.4 Å². The molecule has 0 radical (unpaired) electrons. The fourth-order valence-corrected chi connectivity index (χ4v) is 2.39. The van der Waals surface area contributed by atoms with Crippen LogP contribution in [-0.4, -0.2) is 14.2 Å². The second-order valence-corrected chi connectivity index (χ2v) is 4.65. The number of rotatable bonds is 4. The van der Waals surface area contributed by atoms with Crippen molar-refractivity contribution < 1.29 is 13.5 Å². The highest BCUT2D eigenvalue weighted by atomic mass is 35.5. The molecule has 0 heterocycles. The Hall–Kier alpha value is -1.65. The number of nitrogens with one attached hydrogen (secondary N) is 1. The topological polar surface area (TPSA) is 21.3 Å². The van der Waals surface area contributed by atoms with Gasteiger partial charge in [-0.05, 0) is 42.9 Å². The second kappa shape index (κ2) is 6.20. The van der Waals surface area contributed by atoms with E-state index in [1.54, 1.807) is 19.2 Å². The summed E-state index contributed by atoms with van der Waals surface area (Å²) in [4.78, 5) is 0. The summed E-state index contributed by atoms with van der Waals surface area (Å²) in [6, 6.07) is 7.92. The molecule has 2 rings (SSSR count). The molecule has 2 nitrogen and oxygen atoms in total. The number of methoxy groups -OCH3 is 1. The number of benzene rings is 2. The predicted molar refractivity (Wildman–Crippen MR) is 75.3 cm³/mol. The molecule has 0 aliphatic carbocycles. The van der Waals surface area contributed by atoms with Gasteiger partial charge < -0.3 is 10.1 Å². The minimum Gasteiger partial charge on any atom is -0.496 e. The summed E-state index contributed by atoms with van der Waals surface area (Å²) in [5, 5.41) is 3.30. The second-order valence-electron chi connectivity index (χ2n) is 4.24. The highest BCUT2D eigenvalue weighted by Crippen LogP contribution is 2.35. The van der Waals surface area contributed by atoms with Crippen molar-refractivity contribution in [2.45, 2.75) is 6.04 Å². The lowest BCUT2D eigenvalue weighted by Crippen LogP contribution is -2.20. The summed E-state index contributed by atoms with van der Waals surface area (Å²) in [7, 11) is 3.11. The third-order valence-electron chi connectivity index (χ3n) is 3.08. The molecule has 0 aliphatic heterocycles. The molecule has 106 valence electrons. The fourth-order valence-electron chi connectivity index (χ4n) is 2.17. The number of hydrogen-bond donors (Lipinski definition) is 1. The van der Waals surface area contributed by atoms with Crippen LogP contribution < -0.4 is 10.1 Å². The van der Waals surface area contributed by atoms with Gasteiger partial charge in [-0.25, -0.2) is 8.78 Å². The SMILES string of the molecule is CNC(c1cc(F)ccc1Cl)c1c(F)cccc1OC. The average molecular weight is 298 g/mol. The Morgan fingerprint density at radius 3 is 2.60 bits per heavy atom. The first kappa shape index (κ1) is 14.8. The van der Waals surface area contributed by atoms with Crippen molar-refractivity contribution in [2.75, 3.05) is 14.2 Å². The van der Waals surface area contributed by atoms with Gasteiger partial charge in [-0.2, -0.15) is 0 Å². The molecule has 0 aliphatic rings. The van der Waals surface area contributed by atoms with E-state index in [-0.39, 0.29) is 0 Å². The van der Waals surface area contributed by atoms with Gasteiger partial charge in [0.05, 0.1) is 18.7 Å². The fraction of sp³-hybridized carbons (Fsp3) is 0.200. The molecule has 0 amide bonds. The first-order chi connectivity index (χ1) is 9.58. The van der Waals surface area contributed by atoms with Crippen LogP contribution in [0.1, 0.15) is 17.2 Å². The van der Waals surface area contributed by atoms with Crippen LogP contribution in [0.25, 0.3) is 0 Å². The van der Waals surface area contributed by atoms with Crippen LogP contribution in [0.5, 0.6) is 5.75 Å². The van der Waals surface area contributed by atoms with Gasteiger partial charge in [0.2, 0.25) is 0 Å². The molecule has 20 heavy (non-hydrogen) atoms. The van der Waals surface area contributed by atoms with Crippen molar-refractivity contribution in [1.82, 2.24) is 5.32 Å². The molecule has 1 unspecified atom stereocenters. The maximum Gasteiger partial charge on any atom is 0.132 e. The summed E-state index contributed by atoms with van der Waals surface area (Å²) < 4.78 is 32.8. The molecule has 0 spiro atoms. The van der Waals surface area contributed by atoms with E-state index in [0.717, 1.165) is 0 Å². The first-order valence-corrected chi connectivity index (χ1v) is 6.41. The third-order valence-corrected chi connectivity index (χ3v) is 3.42. The summed E-state index contributed by atoms with van der Waals surface area (Å²) in [6.45, 7) is 0. The van der Waals surface area contributed by atoms with Crippen molar-refractivity contribution in [3.05, 3.63) is 64.2 Å². The molecule has 0 saturated heterocycles. The maximum absolute atomic E-state index is 14.1. The van der Waals surface area contributed by atoms with Gasteiger partial charge in [-0.15, -0.1) is 0 Å². The van der Waals surface area contributed by atoms with Gasteiger partial charge >= 0.3 is 0 Å². The Morgan fingerprint density at radius 1 is 1.20 bits per heavy atom. The molecule has 5 heteroatoms. The lowest BCUT2D eigenvalue weighted by Gasteiger charge is -2.21. The van der Waals surface area contributed by atoms with Gasteiger partial charge in [0.25, 0.3) is 0 Å². The Balaban J connectivity index is 2.61. The van der Waals surface area contributed by atoms with E-state index in [1.807, 2.05) is 0 Å². The molecular weight excluding hydrogens is 284 g/mol. The van der Waals surface area contributed by atoms with Crippen LogP contribution in [0.3, 0.4) is 0 Å². The van der Waals surface area contributed by atoms with E-state index in [0.29, 0.717) is 21.9 Å². The van der Waals surface area contributed by atoms with Crippen LogP contribution in [-0.2, 0) is 0 Å². The Morgan fingerprint density at radius 2 is 1.95 bits per heavy atom. The molecule has 0 bridgehead atoms. The van der Waals surface area contributed by atoms with Gasteiger partial charge in [0, 0.05) is 5.02 Å². The molecule has 1 N–H and O–H groups in total. The highest BCUT2D eigenvalue weighted by molar-refractivity contribution is 6.31. The third kappa shape index (κ3) is 2.76. The Kier molecular flexibility index (Phi) is 4.57. The van der Waals surface area contributed by atoms with Gasteiger partial charge in [-0.1, -0.05) is 17.7 Å². The average Bonchev–Trinajstić information content (AvgIpc) is 2.44. The van der Waals surface area contributed by atoms with Crippen molar-refractivity contribution in [3.63, 3.8) is 0 Å². The standard InChI is InChI=1S/C15H14ClF2NO/c1-19-15(10-8-9(17)6-7-11(10)16)14-12(18)4-3-5-13(14)20-2/h3-8,15,19H,1-2H3. The predicted octanol–water partition coefficient (Wildman–Crippen LogP) is 3.94. The molecular formula is C15H14ClF2NO. The van der Waals surface area contributed by atoms with E-state index in [1.165, 1.54) is 31.4 Å². The molecule has 0 saturated carbocycles. The van der Waals surface area contributed by atoms with Gasteiger partial charge in [0.15, 0.2) is 0 Å². The van der Waals surface area contributed by atoms with Crippen molar-refractivity contribution in [2.24, 2.45) is 0 Å². The molecule has 0 fully saturated rings. The summed E-state index contributed by atoms with van der Waals surface area (Å²) in [5.74, 6) is -0.492. The minimum absolute atomic E-state index is 0.296. The molecule has 0 aromatic heterocycles. The van der Waals surface area contributed by atoms with E-state index in [2.05, 4.69) is 5.32 Å². The van der Waals surface area contributed by atoms with Crippen LogP contribution >= 0.6 is 11.6 Å². The number of hydrogen-bond acceptors (Lipinski definition) is 2. The van der Waals surface area contributed by atoms with E-state index in [4.69, 9.17) is 16.3 Å². The monoisotopic (exact) mass is 297 g/mol. The molecule has 2 aromatic rings. The van der Waals surface area contributed by atoms with Crippen LogP contribution in [0, 0.1) is 11.6 Å². The number of halogens is 3. The lowest BCUT2D eigenvalue weighted by molar-refractivity contribution is 0.398. The van der Waals surface area contributed by atoms with Crippen molar-refractivity contribution in [1.29, 1.82) is 0 Å². The number of ether oxygens (including phenoxy) is 1. The molecule has 1 atom stereocenters. The van der Waals surface area contributed by atoms with Crippen molar-refractivity contribution >= 4 is 11.6 Å². The summed E-state index contributed by atoms with van der Waals surface area (Å²) in [5.41, 5.74) is 0.752. The van der Waals surface area contributed by atoms with E-state index >= 15 is 0 Å².